The lowest BCUT2D eigenvalue weighted by atomic mass is 9.99. The first-order chi connectivity index (χ1) is 9.35. The van der Waals surface area contributed by atoms with Crippen LogP contribution in [-0.4, -0.2) is 57.2 Å². The molecule has 0 amide bonds. The first-order valence-electron chi connectivity index (χ1n) is 7.13. The van der Waals surface area contributed by atoms with Crippen LogP contribution in [-0.2, 0) is 19.6 Å². The Morgan fingerprint density at radius 2 is 2.15 bits per heavy atom. The van der Waals surface area contributed by atoms with Gasteiger partial charge >= 0.3 is 5.97 Å². The van der Waals surface area contributed by atoms with Gasteiger partial charge in [-0.3, -0.25) is 4.79 Å². The summed E-state index contributed by atoms with van der Waals surface area (Å²) in [4.78, 5) is 11.1. The van der Waals surface area contributed by atoms with E-state index in [9.17, 15) is 13.2 Å². The van der Waals surface area contributed by atoms with Crippen LogP contribution in [0.4, 0.5) is 0 Å². The average Bonchev–Trinajstić information content (AvgIpc) is 2.43. The van der Waals surface area contributed by atoms with Crippen LogP contribution in [0.5, 0.6) is 0 Å². The first-order valence-corrected chi connectivity index (χ1v) is 8.74. The highest BCUT2D eigenvalue weighted by Gasteiger charge is 2.29. The van der Waals surface area contributed by atoms with Crippen LogP contribution < -0.4 is 5.32 Å². The molecule has 1 heterocycles. The number of nitrogens with zero attached hydrogens (tertiary/aromatic N) is 1. The highest BCUT2D eigenvalue weighted by molar-refractivity contribution is 7.89. The third-order valence-corrected chi connectivity index (χ3v) is 5.32. The van der Waals surface area contributed by atoms with E-state index in [2.05, 4.69) is 23.9 Å². The topological polar surface area (TPSA) is 75.7 Å². The number of esters is 1. The van der Waals surface area contributed by atoms with Gasteiger partial charge in [0.1, 0.15) is 0 Å². The molecule has 0 spiro atoms. The van der Waals surface area contributed by atoms with E-state index in [4.69, 9.17) is 0 Å². The van der Waals surface area contributed by atoms with Gasteiger partial charge in [-0.1, -0.05) is 13.8 Å². The highest BCUT2D eigenvalue weighted by atomic mass is 32.2. The molecule has 0 aliphatic carbocycles. The molecule has 1 rings (SSSR count). The molecule has 0 aromatic rings. The number of piperidine rings is 1. The van der Waals surface area contributed by atoms with Crippen LogP contribution >= 0.6 is 0 Å². The maximum absolute atomic E-state index is 12.2. The number of nitrogens with one attached hydrogen (secondary N) is 1. The van der Waals surface area contributed by atoms with Gasteiger partial charge in [0.05, 0.1) is 19.3 Å². The lowest BCUT2D eigenvalue weighted by Gasteiger charge is -2.32. The zero-order valence-electron chi connectivity index (χ0n) is 12.6. The lowest BCUT2D eigenvalue weighted by Crippen LogP contribution is -2.44. The summed E-state index contributed by atoms with van der Waals surface area (Å²) in [5.41, 5.74) is 0. The molecule has 0 aromatic carbocycles. The summed E-state index contributed by atoms with van der Waals surface area (Å²) >= 11 is 0. The second-order valence-electron chi connectivity index (χ2n) is 5.57. The molecule has 0 aromatic heterocycles. The minimum Gasteiger partial charge on any atom is -0.469 e. The monoisotopic (exact) mass is 306 g/mol. The second-order valence-corrected chi connectivity index (χ2v) is 7.66. The van der Waals surface area contributed by atoms with E-state index in [1.165, 1.54) is 11.4 Å². The third-order valence-electron chi connectivity index (χ3n) is 3.48. The summed E-state index contributed by atoms with van der Waals surface area (Å²) in [6.45, 7) is 6.09. The van der Waals surface area contributed by atoms with Crippen molar-refractivity contribution in [2.24, 2.45) is 5.92 Å². The summed E-state index contributed by atoms with van der Waals surface area (Å²) in [6, 6.07) is 0.404. The summed E-state index contributed by atoms with van der Waals surface area (Å²) < 4.78 is 30.4. The van der Waals surface area contributed by atoms with Crippen molar-refractivity contribution in [1.29, 1.82) is 0 Å². The zero-order valence-corrected chi connectivity index (χ0v) is 13.4. The zero-order chi connectivity index (χ0) is 15.2. The van der Waals surface area contributed by atoms with Crippen molar-refractivity contribution in [2.45, 2.75) is 39.2 Å². The summed E-state index contributed by atoms with van der Waals surface area (Å²) in [5, 5.41) is 3.35. The van der Waals surface area contributed by atoms with Gasteiger partial charge in [-0.05, 0) is 25.3 Å². The summed E-state index contributed by atoms with van der Waals surface area (Å²) in [6.07, 6.45) is 1.84. The molecule has 0 bridgehead atoms. The normalized spacial score (nSPS) is 21.1. The van der Waals surface area contributed by atoms with Crippen molar-refractivity contribution < 1.29 is 17.9 Å². The van der Waals surface area contributed by atoms with E-state index in [1.807, 2.05) is 0 Å². The van der Waals surface area contributed by atoms with Crippen molar-refractivity contribution in [3.05, 3.63) is 0 Å². The number of carbonyl (C=O) groups excluding carboxylic acids is 1. The summed E-state index contributed by atoms with van der Waals surface area (Å²) in [5.74, 6) is -0.299. The molecule has 1 unspecified atom stereocenters. The van der Waals surface area contributed by atoms with Gasteiger partial charge in [-0.25, -0.2) is 12.7 Å². The van der Waals surface area contributed by atoms with Gasteiger partial charge in [0.2, 0.25) is 10.0 Å². The standard InChI is InChI=1S/C13H26N2O4S/c1-11(2)14-9-12-5-4-7-15(10-12)20(17,18)8-6-13(16)19-3/h11-12,14H,4-10H2,1-3H3. The third kappa shape index (κ3) is 5.76. The van der Waals surface area contributed by atoms with Crippen molar-refractivity contribution in [1.82, 2.24) is 9.62 Å². The Balaban J connectivity index is 2.50. The number of ether oxygens (including phenoxy) is 1. The van der Waals surface area contributed by atoms with E-state index in [1.54, 1.807) is 0 Å². The van der Waals surface area contributed by atoms with Crippen LogP contribution in [0.15, 0.2) is 0 Å². The van der Waals surface area contributed by atoms with Gasteiger partial charge in [0.15, 0.2) is 0 Å². The SMILES string of the molecule is COC(=O)CCS(=O)(=O)N1CCCC(CNC(C)C)C1. The van der Waals surface area contributed by atoms with E-state index in [-0.39, 0.29) is 12.2 Å². The molecule has 1 aliphatic heterocycles. The van der Waals surface area contributed by atoms with Crippen molar-refractivity contribution in [2.75, 3.05) is 32.5 Å². The molecule has 118 valence electrons. The molecular formula is C13H26N2O4S. The molecular weight excluding hydrogens is 280 g/mol. The number of hydrogen-bond acceptors (Lipinski definition) is 5. The second kappa shape index (κ2) is 7.95. The fourth-order valence-electron chi connectivity index (χ4n) is 2.29. The molecule has 1 fully saturated rings. The molecule has 1 N–H and O–H groups in total. The Hall–Kier alpha value is -0.660. The van der Waals surface area contributed by atoms with E-state index in [0.29, 0.717) is 25.0 Å². The van der Waals surface area contributed by atoms with E-state index < -0.39 is 16.0 Å². The van der Waals surface area contributed by atoms with Crippen molar-refractivity contribution in [3.63, 3.8) is 0 Å². The molecule has 1 saturated heterocycles. The predicted molar refractivity (Wildman–Crippen MR) is 77.9 cm³/mol. The number of carbonyl (C=O) groups is 1. The molecule has 0 saturated carbocycles. The van der Waals surface area contributed by atoms with Crippen molar-refractivity contribution >= 4 is 16.0 Å². The van der Waals surface area contributed by atoms with E-state index >= 15 is 0 Å². The fraction of sp³-hybridized carbons (Fsp3) is 0.923. The number of sulfonamides is 1. The summed E-state index contributed by atoms with van der Waals surface area (Å²) in [7, 11) is -2.09. The number of methoxy groups -OCH3 is 1. The largest absolute Gasteiger partial charge is 0.469 e. The highest BCUT2D eigenvalue weighted by Crippen LogP contribution is 2.19. The predicted octanol–water partition coefficient (Wildman–Crippen LogP) is 0.589. The Labute approximate surface area is 121 Å². The maximum atomic E-state index is 12.2. The Morgan fingerprint density at radius 1 is 1.45 bits per heavy atom. The molecule has 1 atom stereocenters. The van der Waals surface area contributed by atoms with Crippen molar-refractivity contribution in [3.8, 4) is 0 Å². The Bertz CT molecular complexity index is 409. The fourth-order valence-corrected chi connectivity index (χ4v) is 3.82. The van der Waals surface area contributed by atoms with Crippen LogP contribution in [0, 0.1) is 5.92 Å². The quantitative estimate of drug-likeness (QED) is 0.697. The van der Waals surface area contributed by atoms with Gasteiger partial charge in [0.25, 0.3) is 0 Å². The maximum Gasteiger partial charge on any atom is 0.306 e. The molecule has 1 aliphatic rings. The minimum atomic E-state index is -3.36. The molecule has 0 radical (unpaired) electrons. The van der Waals surface area contributed by atoms with Crippen LogP contribution in [0.25, 0.3) is 0 Å². The Morgan fingerprint density at radius 3 is 2.75 bits per heavy atom. The molecule has 20 heavy (non-hydrogen) atoms. The van der Waals surface area contributed by atoms with Crippen LogP contribution in [0.3, 0.4) is 0 Å². The Kier molecular flexibility index (Phi) is 6.91. The average molecular weight is 306 g/mol. The molecule has 7 heteroatoms. The van der Waals surface area contributed by atoms with Gasteiger partial charge < -0.3 is 10.1 Å². The first kappa shape index (κ1) is 17.4. The van der Waals surface area contributed by atoms with E-state index in [0.717, 1.165) is 19.4 Å². The van der Waals surface area contributed by atoms with Gasteiger partial charge in [-0.2, -0.15) is 0 Å². The smallest absolute Gasteiger partial charge is 0.306 e. The number of hydrogen-bond donors (Lipinski definition) is 1. The number of rotatable bonds is 7. The van der Waals surface area contributed by atoms with Crippen LogP contribution in [0.1, 0.15) is 33.1 Å². The van der Waals surface area contributed by atoms with Gasteiger partial charge in [0, 0.05) is 19.1 Å². The van der Waals surface area contributed by atoms with Crippen LogP contribution in [0.2, 0.25) is 0 Å². The van der Waals surface area contributed by atoms with Gasteiger partial charge in [-0.15, -0.1) is 0 Å². The minimum absolute atomic E-state index is 0.0791. The lowest BCUT2D eigenvalue weighted by molar-refractivity contribution is -0.140. The molecule has 6 nitrogen and oxygen atoms in total.